The van der Waals surface area contributed by atoms with Gasteiger partial charge in [-0.15, -0.1) is 0 Å². The summed E-state index contributed by atoms with van der Waals surface area (Å²) in [5, 5.41) is 0. The van der Waals surface area contributed by atoms with E-state index >= 15 is 0 Å². The number of rotatable bonds is 3. The second-order valence-electron chi connectivity index (χ2n) is 5.98. The molecule has 1 fully saturated rings. The van der Waals surface area contributed by atoms with Gasteiger partial charge in [0.2, 0.25) is 5.78 Å². The number of hydrogen-bond acceptors (Lipinski definition) is 4. The minimum Gasteiger partial charge on any atom is -0.444 e. The average Bonchev–Trinajstić information content (AvgIpc) is 2.33. The summed E-state index contributed by atoms with van der Waals surface area (Å²) >= 11 is 0. The molecule has 0 aromatic carbocycles. The van der Waals surface area contributed by atoms with Crippen molar-refractivity contribution >= 4 is 11.9 Å². The molecule has 0 N–H and O–H groups in total. The smallest absolute Gasteiger partial charge is 0.444 e. The van der Waals surface area contributed by atoms with Gasteiger partial charge in [0.05, 0.1) is 0 Å². The molecule has 5 nitrogen and oxygen atoms in total. The Morgan fingerprint density at radius 2 is 1.57 bits per heavy atom. The number of halogens is 3. The number of Topliss-reactive ketones (excluding diaryl/α,β-unsaturated/α-hetero) is 1. The Balaban J connectivity index is 2.33. The molecule has 21 heavy (non-hydrogen) atoms. The number of carbonyl (C=O) groups is 2. The van der Waals surface area contributed by atoms with Crippen molar-refractivity contribution in [3.63, 3.8) is 0 Å². The largest absolute Gasteiger partial charge is 0.450 e. The summed E-state index contributed by atoms with van der Waals surface area (Å²) < 4.78 is 41.5. The molecule has 1 saturated heterocycles. The Kier molecular flexibility index (Phi) is 5.61. The number of piperazine rings is 1. The van der Waals surface area contributed by atoms with Gasteiger partial charge in [-0.3, -0.25) is 9.69 Å². The molecule has 0 atom stereocenters. The molecule has 0 spiro atoms. The Morgan fingerprint density at radius 1 is 1.05 bits per heavy atom. The topological polar surface area (TPSA) is 49.9 Å². The highest BCUT2D eigenvalue weighted by Crippen LogP contribution is 2.18. The van der Waals surface area contributed by atoms with Crippen LogP contribution in [0.5, 0.6) is 0 Å². The summed E-state index contributed by atoms with van der Waals surface area (Å²) in [5.74, 6) is -1.71. The maximum atomic E-state index is 12.1. The molecule has 1 amide bonds. The van der Waals surface area contributed by atoms with Crippen molar-refractivity contribution in [2.75, 3.05) is 32.7 Å². The fourth-order valence-corrected chi connectivity index (χ4v) is 1.88. The molecule has 0 saturated carbocycles. The van der Waals surface area contributed by atoms with Crippen LogP contribution in [0.2, 0.25) is 0 Å². The van der Waals surface area contributed by atoms with Crippen molar-refractivity contribution in [3.8, 4) is 0 Å². The number of nitrogens with zero attached hydrogens (tertiary/aromatic N) is 2. The normalized spacial score (nSPS) is 17.7. The van der Waals surface area contributed by atoms with Crippen LogP contribution in [-0.2, 0) is 9.53 Å². The van der Waals surface area contributed by atoms with Gasteiger partial charge in [0.25, 0.3) is 0 Å². The van der Waals surface area contributed by atoms with E-state index in [-0.39, 0.29) is 6.54 Å². The van der Waals surface area contributed by atoms with Crippen molar-refractivity contribution < 1.29 is 27.5 Å². The van der Waals surface area contributed by atoms with E-state index in [1.165, 1.54) is 4.90 Å². The Morgan fingerprint density at radius 3 is 2.00 bits per heavy atom. The SMILES string of the molecule is CC(C)(C)OC(=O)N1CCN(CCC(=O)C(F)(F)F)CC1. The van der Waals surface area contributed by atoms with Crippen LogP contribution in [-0.4, -0.2) is 66.2 Å². The zero-order valence-electron chi connectivity index (χ0n) is 12.5. The lowest BCUT2D eigenvalue weighted by atomic mass is 10.2. The first kappa shape index (κ1) is 17.7. The van der Waals surface area contributed by atoms with Gasteiger partial charge in [-0.1, -0.05) is 0 Å². The summed E-state index contributed by atoms with van der Waals surface area (Å²) in [6, 6.07) is 0. The van der Waals surface area contributed by atoms with Gasteiger partial charge in [0.15, 0.2) is 0 Å². The number of alkyl halides is 3. The van der Waals surface area contributed by atoms with Gasteiger partial charge < -0.3 is 9.64 Å². The van der Waals surface area contributed by atoms with Crippen LogP contribution in [0.3, 0.4) is 0 Å². The van der Waals surface area contributed by atoms with Crippen molar-refractivity contribution in [3.05, 3.63) is 0 Å². The van der Waals surface area contributed by atoms with Crippen molar-refractivity contribution in [2.24, 2.45) is 0 Å². The molecular formula is C13H21F3N2O3. The predicted octanol–water partition coefficient (Wildman–Crippen LogP) is 2.06. The third-order valence-corrected chi connectivity index (χ3v) is 3.00. The molecule has 1 rings (SSSR count). The zero-order valence-corrected chi connectivity index (χ0v) is 12.5. The first-order chi connectivity index (χ1) is 9.49. The van der Waals surface area contributed by atoms with E-state index in [0.717, 1.165) is 0 Å². The molecule has 0 aliphatic carbocycles. The number of hydrogen-bond donors (Lipinski definition) is 0. The van der Waals surface area contributed by atoms with Crippen molar-refractivity contribution in [1.29, 1.82) is 0 Å². The van der Waals surface area contributed by atoms with E-state index in [9.17, 15) is 22.8 Å². The van der Waals surface area contributed by atoms with E-state index in [1.807, 2.05) is 0 Å². The molecule has 0 aromatic heterocycles. The lowest BCUT2D eigenvalue weighted by Crippen LogP contribution is -2.50. The summed E-state index contributed by atoms with van der Waals surface area (Å²) in [6.07, 6.45) is -5.73. The second kappa shape index (κ2) is 6.64. The predicted molar refractivity (Wildman–Crippen MR) is 69.9 cm³/mol. The van der Waals surface area contributed by atoms with E-state index < -0.39 is 30.1 Å². The van der Waals surface area contributed by atoms with E-state index in [1.54, 1.807) is 25.7 Å². The number of carbonyl (C=O) groups excluding carboxylic acids is 2. The first-order valence-electron chi connectivity index (χ1n) is 6.79. The van der Waals surface area contributed by atoms with Crippen molar-refractivity contribution in [1.82, 2.24) is 9.80 Å². The number of ether oxygens (including phenoxy) is 1. The minimum absolute atomic E-state index is 0.0561. The van der Waals surface area contributed by atoms with Gasteiger partial charge in [0, 0.05) is 39.1 Å². The lowest BCUT2D eigenvalue weighted by Gasteiger charge is -2.35. The van der Waals surface area contributed by atoms with Crippen LogP contribution in [0.25, 0.3) is 0 Å². The summed E-state index contributed by atoms with van der Waals surface area (Å²) in [7, 11) is 0. The minimum atomic E-state index is -4.77. The molecule has 0 unspecified atom stereocenters. The second-order valence-corrected chi connectivity index (χ2v) is 5.98. The first-order valence-corrected chi connectivity index (χ1v) is 6.79. The van der Waals surface area contributed by atoms with Gasteiger partial charge in [0.1, 0.15) is 5.60 Å². The molecule has 8 heteroatoms. The van der Waals surface area contributed by atoms with E-state index in [4.69, 9.17) is 4.74 Å². The van der Waals surface area contributed by atoms with Gasteiger partial charge in [-0.05, 0) is 20.8 Å². The van der Waals surface area contributed by atoms with Gasteiger partial charge in [-0.25, -0.2) is 4.79 Å². The standard InChI is InChI=1S/C13H21F3N2O3/c1-12(2,3)21-11(20)18-8-6-17(7-9-18)5-4-10(19)13(14,15)16/h4-9H2,1-3H3. The third kappa shape index (κ3) is 6.33. The molecule has 1 aliphatic heterocycles. The molecule has 0 aromatic rings. The highest BCUT2D eigenvalue weighted by molar-refractivity contribution is 5.84. The fourth-order valence-electron chi connectivity index (χ4n) is 1.88. The summed E-state index contributed by atoms with van der Waals surface area (Å²) in [5.41, 5.74) is -0.576. The van der Waals surface area contributed by atoms with Crippen LogP contribution in [0, 0.1) is 0 Å². The number of amides is 1. The Hall–Kier alpha value is -1.31. The molecule has 0 bridgehead atoms. The van der Waals surface area contributed by atoms with Crippen LogP contribution < -0.4 is 0 Å². The van der Waals surface area contributed by atoms with Crippen LogP contribution in [0.15, 0.2) is 0 Å². The highest BCUT2D eigenvalue weighted by atomic mass is 19.4. The van der Waals surface area contributed by atoms with Gasteiger partial charge in [-0.2, -0.15) is 13.2 Å². The fraction of sp³-hybridized carbons (Fsp3) is 0.846. The third-order valence-electron chi connectivity index (χ3n) is 3.00. The molecular weight excluding hydrogens is 289 g/mol. The maximum absolute atomic E-state index is 12.1. The Bertz CT molecular complexity index is 383. The van der Waals surface area contributed by atoms with Crippen LogP contribution in [0.4, 0.5) is 18.0 Å². The zero-order chi connectivity index (χ0) is 16.3. The Labute approximate surface area is 122 Å². The average molecular weight is 310 g/mol. The maximum Gasteiger partial charge on any atom is 0.450 e. The van der Waals surface area contributed by atoms with E-state index in [0.29, 0.717) is 26.2 Å². The van der Waals surface area contributed by atoms with E-state index in [2.05, 4.69) is 0 Å². The number of ketones is 1. The lowest BCUT2D eigenvalue weighted by molar-refractivity contribution is -0.171. The summed E-state index contributed by atoms with van der Waals surface area (Å²) in [4.78, 5) is 25.9. The van der Waals surface area contributed by atoms with Crippen LogP contribution >= 0.6 is 0 Å². The molecule has 0 radical (unpaired) electrons. The van der Waals surface area contributed by atoms with Gasteiger partial charge >= 0.3 is 12.3 Å². The molecule has 122 valence electrons. The molecule has 1 heterocycles. The van der Waals surface area contributed by atoms with Crippen LogP contribution in [0.1, 0.15) is 27.2 Å². The monoisotopic (exact) mass is 310 g/mol. The summed E-state index contributed by atoms with van der Waals surface area (Å²) in [6.45, 7) is 7.00. The van der Waals surface area contributed by atoms with Crippen molar-refractivity contribution in [2.45, 2.75) is 39.0 Å². The quantitative estimate of drug-likeness (QED) is 0.800. The highest BCUT2D eigenvalue weighted by Gasteiger charge is 2.37. The molecule has 1 aliphatic rings.